The fourth-order valence-electron chi connectivity index (χ4n) is 3.94. The monoisotopic (exact) mass is 421 g/mol. The van der Waals surface area contributed by atoms with E-state index < -0.39 is 0 Å². The van der Waals surface area contributed by atoms with Gasteiger partial charge in [-0.3, -0.25) is 14.3 Å². The number of carbonyl (C=O) groups is 1. The Morgan fingerprint density at radius 1 is 1.10 bits per heavy atom. The zero-order valence-corrected chi connectivity index (χ0v) is 18.3. The SMILES string of the molecule is Cc1cccc(NC(=O)CSc2nnc(-c3ccncc3)n2C2CCCCC2)c1C. The molecule has 156 valence electrons. The molecule has 0 unspecified atom stereocenters. The van der Waals surface area contributed by atoms with Gasteiger partial charge in [-0.15, -0.1) is 10.2 Å². The minimum absolute atomic E-state index is 0.0302. The molecule has 2 heterocycles. The maximum atomic E-state index is 12.6. The lowest BCUT2D eigenvalue weighted by molar-refractivity contribution is -0.113. The van der Waals surface area contributed by atoms with Crippen LogP contribution in [0.5, 0.6) is 0 Å². The number of rotatable bonds is 6. The van der Waals surface area contributed by atoms with Crippen molar-refractivity contribution in [3.8, 4) is 11.4 Å². The molecule has 3 aromatic rings. The number of aromatic nitrogens is 4. The standard InChI is InChI=1S/C23H27N5OS/c1-16-7-6-10-20(17(16)2)25-21(29)15-30-23-27-26-22(18-11-13-24-14-12-18)28(23)19-8-4-3-5-9-19/h6-7,10-14,19H,3-5,8-9,15H2,1-2H3,(H,25,29). The van der Waals surface area contributed by atoms with Gasteiger partial charge in [-0.05, 0) is 56.0 Å². The molecular weight excluding hydrogens is 394 g/mol. The Kier molecular flexibility index (Phi) is 6.47. The summed E-state index contributed by atoms with van der Waals surface area (Å²) in [5, 5.41) is 12.8. The van der Waals surface area contributed by atoms with Gasteiger partial charge in [-0.2, -0.15) is 0 Å². The number of anilines is 1. The van der Waals surface area contributed by atoms with Gasteiger partial charge in [0, 0.05) is 29.7 Å². The summed E-state index contributed by atoms with van der Waals surface area (Å²) in [6.45, 7) is 4.08. The number of nitrogens with one attached hydrogen (secondary N) is 1. The van der Waals surface area contributed by atoms with Crippen LogP contribution in [0.15, 0.2) is 47.9 Å². The van der Waals surface area contributed by atoms with Crippen LogP contribution in [-0.4, -0.2) is 31.4 Å². The molecule has 0 radical (unpaired) electrons. The summed E-state index contributed by atoms with van der Waals surface area (Å²) in [6, 6.07) is 10.3. The zero-order chi connectivity index (χ0) is 20.9. The van der Waals surface area contributed by atoms with E-state index in [2.05, 4.69) is 25.1 Å². The number of aryl methyl sites for hydroxylation is 1. The highest BCUT2D eigenvalue weighted by molar-refractivity contribution is 7.99. The van der Waals surface area contributed by atoms with E-state index in [-0.39, 0.29) is 5.91 Å². The first kappa shape index (κ1) is 20.6. The topological polar surface area (TPSA) is 72.7 Å². The maximum Gasteiger partial charge on any atom is 0.234 e. The van der Waals surface area contributed by atoms with Gasteiger partial charge in [0.1, 0.15) is 0 Å². The highest BCUT2D eigenvalue weighted by atomic mass is 32.2. The highest BCUT2D eigenvalue weighted by Gasteiger charge is 2.24. The van der Waals surface area contributed by atoms with Gasteiger partial charge in [0.25, 0.3) is 0 Å². The van der Waals surface area contributed by atoms with E-state index in [4.69, 9.17) is 0 Å². The van der Waals surface area contributed by atoms with Gasteiger partial charge in [0.15, 0.2) is 11.0 Å². The lowest BCUT2D eigenvalue weighted by Crippen LogP contribution is -2.18. The summed E-state index contributed by atoms with van der Waals surface area (Å²) in [4.78, 5) is 16.7. The molecule has 6 nitrogen and oxygen atoms in total. The maximum absolute atomic E-state index is 12.6. The molecule has 0 saturated heterocycles. The minimum atomic E-state index is -0.0302. The van der Waals surface area contributed by atoms with Crippen molar-refractivity contribution in [1.82, 2.24) is 19.7 Å². The largest absolute Gasteiger partial charge is 0.325 e. The summed E-state index contributed by atoms with van der Waals surface area (Å²) in [6.07, 6.45) is 9.52. The first-order valence-corrected chi connectivity index (χ1v) is 11.5. The molecular formula is C23H27N5OS. The Balaban J connectivity index is 1.53. The van der Waals surface area contributed by atoms with E-state index in [0.29, 0.717) is 11.8 Å². The second-order valence-electron chi connectivity index (χ2n) is 7.79. The normalized spacial score (nSPS) is 14.6. The first-order valence-electron chi connectivity index (χ1n) is 10.5. The number of amides is 1. The van der Waals surface area contributed by atoms with Crippen molar-refractivity contribution in [2.75, 3.05) is 11.1 Å². The van der Waals surface area contributed by atoms with E-state index in [0.717, 1.165) is 40.6 Å². The van der Waals surface area contributed by atoms with Crippen LogP contribution in [0.25, 0.3) is 11.4 Å². The van der Waals surface area contributed by atoms with Crippen molar-refractivity contribution in [3.63, 3.8) is 0 Å². The third-order valence-electron chi connectivity index (χ3n) is 5.75. The number of thioether (sulfide) groups is 1. The summed E-state index contributed by atoms with van der Waals surface area (Å²) < 4.78 is 2.24. The molecule has 2 aromatic heterocycles. The zero-order valence-electron chi connectivity index (χ0n) is 17.5. The van der Waals surface area contributed by atoms with Crippen molar-refractivity contribution < 1.29 is 4.79 Å². The fourth-order valence-corrected chi connectivity index (χ4v) is 4.75. The Hall–Kier alpha value is -2.67. The summed E-state index contributed by atoms with van der Waals surface area (Å²) in [5.74, 6) is 1.13. The lowest BCUT2D eigenvalue weighted by Gasteiger charge is -2.25. The van der Waals surface area contributed by atoms with Crippen LogP contribution in [0, 0.1) is 13.8 Å². The van der Waals surface area contributed by atoms with Crippen LogP contribution >= 0.6 is 11.8 Å². The lowest BCUT2D eigenvalue weighted by atomic mass is 9.95. The molecule has 0 spiro atoms. The van der Waals surface area contributed by atoms with Crippen LogP contribution in [0.3, 0.4) is 0 Å². The molecule has 0 bridgehead atoms. The Bertz CT molecular complexity index is 1010. The van der Waals surface area contributed by atoms with Crippen LogP contribution in [0.1, 0.15) is 49.3 Å². The second-order valence-corrected chi connectivity index (χ2v) is 8.73. The number of pyridine rings is 1. The summed E-state index contributed by atoms with van der Waals surface area (Å²) >= 11 is 1.46. The van der Waals surface area contributed by atoms with Crippen LogP contribution in [-0.2, 0) is 4.79 Å². The van der Waals surface area contributed by atoms with Crippen LogP contribution in [0.4, 0.5) is 5.69 Å². The number of nitrogens with zero attached hydrogens (tertiary/aromatic N) is 4. The van der Waals surface area contributed by atoms with Gasteiger partial charge in [-0.25, -0.2) is 0 Å². The number of carbonyl (C=O) groups excluding carboxylic acids is 1. The third kappa shape index (κ3) is 4.56. The van der Waals surface area contributed by atoms with E-state index >= 15 is 0 Å². The predicted molar refractivity (Wildman–Crippen MR) is 121 cm³/mol. The molecule has 1 aromatic carbocycles. The van der Waals surface area contributed by atoms with E-state index in [9.17, 15) is 4.79 Å². The average molecular weight is 422 g/mol. The summed E-state index contributed by atoms with van der Waals surface area (Å²) in [7, 11) is 0. The van der Waals surface area contributed by atoms with Crippen molar-refractivity contribution in [2.45, 2.75) is 57.1 Å². The summed E-state index contributed by atoms with van der Waals surface area (Å²) in [5.41, 5.74) is 4.14. The molecule has 1 N–H and O–H groups in total. The molecule has 1 aliphatic rings. The first-order chi connectivity index (χ1) is 14.6. The van der Waals surface area contributed by atoms with E-state index in [1.165, 1.54) is 36.6 Å². The van der Waals surface area contributed by atoms with Crippen molar-refractivity contribution in [3.05, 3.63) is 53.9 Å². The second kappa shape index (κ2) is 9.43. The van der Waals surface area contributed by atoms with Gasteiger partial charge < -0.3 is 5.32 Å². The molecule has 0 aliphatic heterocycles. The Morgan fingerprint density at radius 2 is 1.87 bits per heavy atom. The van der Waals surface area contributed by atoms with Gasteiger partial charge >= 0.3 is 0 Å². The fraction of sp³-hybridized carbons (Fsp3) is 0.391. The number of benzene rings is 1. The van der Waals surface area contributed by atoms with Crippen molar-refractivity contribution in [2.24, 2.45) is 0 Å². The third-order valence-corrected chi connectivity index (χ3v) is 6.70. The van der Waals surface area contributed by atoms with E-state index in [1.807, 2.05) is 44.2 Å². The minimum Gasteiger partial charge on any atom is -0.325 e. The van der Waals surface area contributed by atoms with E-state index in [1.54, 1.807) is 12.4 Å². The van der Waals surface area contributed by atoms with Crippen LogP contribution in [0.2, 0.25) is 0 Å². The van der Waals surface area contributed by atoms with Gasteiger partial charge in [0.05, 0.1) is 5.75 Å². The van der Waals surface area contributed by atoms with Crippen LogP contribution < -0.4 is 5.32 Å². The van der Waals surface area contributed by atoms with Gasteiger partial charge in [0.2, 0.25) is 5.91 Å². The average Bonchev–Trinajstić information content (AvgIpc) is 3.21. The molecule has 4 rings (SSSR count). The molecule has 0 atom stereocenters. The molecule has 1 fully saturated rings. The molecule has 30 heavy (non-hydrogen) atoms. The molecule has 7 heteroatoms. The quantitative estimate of drug-likeness (QED) is 0.554. The highest BCUT2D eigenvalue weighted by Crippen LogP contribution is 2.35. The van der Waals surface area contributed by atoms with Gasteiger partial charge in [-0.1, -0.05) is 43.2 Å². The number of hydrogen-bond donors (Lipinski definition) is 1. The molecule has 1 aliphatic carbocycles. The smallest absolute Gasteiger partial charge is 0.234 e. The number of hydrogen-bond acceptors (Lipinski definition) is 5. The Morgan fingerprint density at radius 3 is 2.63 bits per heavy atom. The predicted octanol–water partition coefficient (Wildman–Crippen LogP) is 5.19. The molecule has 1 amide bonds. The van der Waals surface area contributed by atoms with Crippen molar-refractivity contribution in [1.29, 1.82) is 0 Å². The Labute approximate surface area is 181 Å². The molecule has 1 saturated carbocycles. The van der Waals surface area contributed by atoms with Crippen molar-refractivity contribution >= 4 is 23.4 Å².